The number of halogens is 1. The zero-order valence-corrected chi connectivity index (χ0v) is 15.4. The maximum absolute atomic E-state index is 12.2. The summed E-state index contributed by atoms with van der Waals surface area (Å²) in [5.74, 6) is -0.0513. The molecule has 1 saturated heterocycles. The second-order valence-electron chi connectivity index (χ2n) is 5.76. The van der Waals surface area contributed by atoms with E-state index in [4.69, 9.17) is 5.73 Å². The number of nitrogens with one attached hydrogen (secondary N) is 1. The van der Waals surface area contributed by atoms with Crippen molar-refractivity contribution in [2.75, 3.05) is 11.9 Å². The van der Waals surface area contributed by atoms with Gasteiger partial charge in [-0.05, 0) is 30.5 Å². The number of hydrogen-bond donors (Lipinski definition) is 2. The Morgan fingerprint density at radius 1 is 1.36 bits per heavy atom. The fourth-order valence-electron chi connectivity index (χ4n) is 2.70. The van der Waals surface area contributed by atoms with Crippen LogP contribution in [0.1, 0.15) is 40.3 Å². The Morgan fingerprint density at radius 2 is 2.20 bits per heavy atom. The minimum Gasteiger partial charge on any atom is -0.338 e. The zero-order valence-electron chi connectivity index (χ0n) is 13.7. The van der Waals surface area contributed by atoms with E-state index in [0.29, 0.717) is 30.9 Å². The lowest BCUT2D eigenvalue weighted by Gasteiger charge is -2.26. The van der Waals surface area contributed by atoms with Gasteiger partial charge in [0.25, 0.3) is 5.91 Å². The molecule has 0 spiro atoms. The summed E-state index contributed by atoms with van der Waals surface area (Å²) in [5.41, 5.74) is 7.59. The van der Waals surface area contributed by atoms with Crippen LogP contribution in [-0.2, 0) is 17.9 Å². The van der Waals surface area contributed by atoms with Crippen LogP contribution >= 0.6 is 23.7 Å². The molecule has 1 fully saturated rings. The van der Waals surface area contributed by atoms with Crippen molar-refractivity contribution < 1.29 is 9.59 Å². The largest absolute Gasteiger partial charge is 0.338 e. The number of anilines is 1. The maximum Gasteiger partial charge on any atom is 0.275 e. The zero-order chi connectivity index (χ0) is 16.9. The van der Waals surface area contributed by atoms with Crippen LogP contribution in [-0.4, -0.2) is 28.2 Å². The third-order valence-electron chi connectivity index (χ3n) is 3.94. The number of carbonyl (C=O) groups is 2. The molecule has 2 amide bonds. The van der Waals surface area contributed by atoms with Gasteiger partial charge < -0.3 is 16.0 Å². The number of aromatic nitrogens is 1. The minimum absolute atomic E-state index is 0. The van der Waals surface area contributed by atoms with E-state index >= 15 is 0 Å². The van der Waals surface area contributed by atoms with Crippen molar-refractivity contribution in [2.24, 2.45) is 5.73 Å². The molecule has 25 heavy (non-hydrogen) atoms. The predicted molar refractivity (Wildman–Crippen MR) is 101 cm³/mol. The summed E-state index contributed by atoms with van der Waals surface area (Å²) >= 11 is 1.37. The lowest BCUT2D eigenvalue weighted by molar-refractivity contribution is -0.133. The molecule has 8 heteroatoms. The van der Waals surface area contributed by atoms with Gasteiger partial charge in [-0.3, -0.25) is 9.59 Å². The highest BCUT2D eigenvalue weighted by molar-refractivity contribution is 7.09. The Labute approximate surface area is 156 Å². The standard InChI is InChI=1S/C17H20N4O2S.ClH/c18-9-15-20-14(11-24-15)17(23)19-13-5-3-4-12(8-13)10-21-7-2-1-6-16(21)22;/h3-5,8,11H,1-2,6-7,9-10,18H2,(H,19,23);1H. The van der Waals surface area contributed by atoms with Crippen LogP contribution in [0.5, 0.6) is 0 Å². The quantitative estimate of drug-likeness (QED) is 0.834. The van der Waals surface area contributed by atoms with Gasteiger partial charge >= 0.3 is 0 Å². The Morgan fingerprint density at radius 3 is 2.92 bits per heavy atom. The topological polar surface area (TPSA) is 88.3 Å². The van der Waals surface area contributed by atoms with Crippen molar-refractivity contribution in [3.63, 3.8) is 0 Å². The summed E-state index contributed by atoms with van der Waals surface area (Å²) in [6, 6.07) is 7.57. The molecule has 3 N–H and O–H groups in total. The number of likely N-dealkylation sites (tertiary alicyclic amines) is 1. The van der Waals surface area contributed by atoms with Crippen molar-refractivity contribution >= 4 is 41.2 Å². The van der Waals surface area contributed by atoms with Crippen LogP contribution in [0, 0.1) is 0 Å². The van der Waals surface area contributed by atoms with Gasteiger partial charge in [-0.15, -0.1) is 23.7 Å². The highest BCUT2D eigenvalue weighted by atomic mass is 35.5. The average molecular weight is 381 g/mol. The summed E-state index contributed by atoms with van der Waals surface area (Å²) in [6.07, 6.45) is 2.66. The van der Waals surface area contributed by atoms with Crippen LogP contribution in [0.25, 0.3) is 0 Å². The number of piperidine rings is 1. The van der Waals surface area contributed by atoms with Gasteiger partial charge in [0, 0.05) is 37.1 Å². The third-order valence-corrected chi connectivity index (χ3v) is 4.81. The van der Waals surface area contributed by atoms with Crippen molar-refractivity contribution in [3.05, 3.63) is 45.9 Å². The number of rotatable bonds is 5. The fourth-order valence-corrected chi connectivity index (χ4v) is 3.36. The van der Waals surface area contributed by atoms with Crippen LogP contribution in [0.4, 0.5) is 5.69 Å². The number of carbonyl (C=O) groups excluding carboxylic acids is 2. The van der Waals surface area contributed by atoms with Crippen molar-refractivity contribution in [2.45, 2.75) is 32.4 Å². The third kappa shape index (κ3) is 5.01. The molecule has 1 aromatic carbocycles. The Hall–Kier alpha value is -1.96. The van der Waals surface area contributed by atoms with Crippen molar-refractivity contribution in [3.8, 4) is 0 Å². The van der Waals surface area contributed by atoms with Gasteiger partial charge in [-0.25, -0.2) is 4.98 Å². The first-order chi connectivity index (χ1) is 11.7. The molecule has 1 aliphatic rings. The number of benzene rings is 1. The van der Waals surface area contributed by atoms with Gasteiger partial charge in [0.15, 0.2) is 0 Å². The molecule has 0 unspecified atom stereocenters. The molecule has 0 saturated carbocycles. The molecule has 2 heterocycles. The number of amides is 2. The van der Waals surface area contributed by atoms with E-state index < -0.39 is 0 Å². The summed E-state index contributed by atoms with van der Waals surface area (Å²) in [5, 5.41) is 5.28. The molecule has 0 bridgehead atoms. The molecule has 0 atom stereocenters. The molecular weight excluding hydrogens is 360 g/mol. The summed E-state index contributed by atoms with van der Waals surface area (Å²) in [6.45, 7) is 1.71. The summed E-state index contributed by atoms with van der Waals surface area (Å²) < 4.78 is 0. The lowest BCUT2D eigenvalue weighted by atomic mass is 10.1. The number of hydrogen-bond acceptors (Lipinski definition) is 5. The number of nitrogens with zero attached hydrogens (tertiary/aromatic N) is 2. The first-order valence-corrected chi connectivity index (χ1v) is 8.86. The summed E-state index contributed by atoms with van der Waals surface area (Å²) in [7, 11) is 0. The highest BCUT2D eigenvalue weighted by Gasteiger charge is 2.18. The Kier molecular flexibility index (Phi) is 6.92. The number of thiazole rings is 1. The van der Waals surface area contributed by atoms with E-state index in [1.165, 1.54) is 11.3 Å². The Balaban J connectivity index is 0.00000225. The molecule has 6 nitrogen and oxygen atoms in total. The monoisotopic (exact) mass is 380 g/mol. The normalized spacial score (nSPS) is 14.1. The molecule has 0 radical (unpaired) electrons. The molecule has 1 aromatic heterocycles. The Bertz CT molecular complexity index is 750. The van der Waals surface area contributed by atoms with Gasteiger partial charge in [0.1, 0.15) is 10.7 Å². The second-order valence-corrected chi connectivity index (χ2v) is 6.70. The maximum atomic E-state index is 12.2. The lowest BCUT2D eigenvalue weighted by Crippen LogP contribution is -2.34. The average Bonchev–Trinajstić information content (AvgIpc) is 3.07. The van der Waals surface area contributed by atoms with E-state index in [1.54, 1.807) is 5.38 Å². The minimum atomic E-state index is -0.253. The molecule has 1 aliphatic heterocycles. The van der Waals surface area contributed by atoms with Crippen LogP contribution in [0.2, 0.25) is 0 Å². The second kappa shape index (κ2) is 8.94. The van der Waals surface area contributed by atoms with E-state index in [2.05, 4.69) is 10.3 Å². The van der Waals surface area contributed by atoms with Gasteiger partial charge in [0.2, 0.25) is 5.91 Å². The molecular formula is C17H21ClN4O2S. The smallest absolute Gasteiger partial charge is 0.275 e. The summed E-state index contributed by atoms with van der Waals surface area (Å²) in [4.78, 5) is 30.2. The van der Waals surface area contributed by atoms with Crippen LogP contribution < -0.4 is 11.1 Å². The van der Waals surface area contributed by atoms with E-state index in [0.717, 1.165) is 30.0 Å². The SMILES string of the molecule is Cl.NCc1nc(C(=O)Nc2cccc(CN3CCCCC3=O)c2)cs1. The first kappa shape index (κ1) is 19.4. The molecule has 2 aromatic rings. The number of nitrogens with two attached hydrogens (primary N) is 1. The molecule has 0 aliphatic carbocycles. The van der Waals surface area contributed by atoms with Crippen molar-refractivity contribution in [1.29, 1.82) is 0 Å². The molecule has 3 rings (SSSR count). The van der Waals surface area contributed by atoms with Gasteiger partial charge in [0.05, 0.1) is 0 Å². The van der Waals surface area contributed by atoms with Crippen LogP contribution in [0.3, 0.4) is 0 Å². The fraction of sp³-hybridized carbons (Fsp3) is 0.353. The van der Waals surface area contributed by atoms with Gasteiger partial charge in [-0.1, -0.05) is 12.1 Å². The van der Waals surface area contributed by atoms with Crippen LogP contribution in [0.15, 0.2) is 29.6 Å². The van der Waals surface area contributed by atoms with E-state index in [-0.39, 0.29) is 24.2 Å². The molecule has 134 valence electrons. The highest BCUT2D eigenvalue weighted by Crippen LogP contribution is 2.18. The van der Waals surface area contributed by atoms with Crippen molar-refractivity contribution in [1.82, 2.24) is 9.88 Å². The van der Waals surface area contributed by atoms with E-state index in [9.17, 15) is 9.59 Å². The predicted octanol–water partition coefficient (Wildman–Crippen LogP) is 2.79. The van der Waals surface area contributed by atoms with E-state index in [1.807, 2.05) is 29.2 Å². The first-order valence-electron chi connectivity index (χ1n) is 7.98. The van der Waals surface area contributed by atoms with Gasteiger partial charge in [-0.2, -0.15) is 0 Å².